The second-order valence-electron chi connectivity index (χ2n) is 6.23. The number of non-ortho nitro benzene ring substituents is 1. The molecule has 8 nitrogen and oxygen atoms in total. The third-order valence-corrected chi connectivity index (χ3v) is 4.49. The van der Waals surface area contributed by atoms with E-state index in [1.165, 1.54) is 28.9 Å². The number of nitro benzene ring substituents is 2. The molecule has 0 saturated heterocycles. The standard InChI is InChI=1S/C17H18N4O4/c1-11-5-7-14-12(9-11)3-2-4-15(14)18-19-16-8-6-13(20(22)23)10-17(16)21(24)25/h6,8-10,19H,2-5,7H2,1H3. The summed E-state index contributed by atoms with van der Waals surface area (Å²) in [5.41, 5.74) is 7.01. The molecule has 0 aromatic heterocycles. The summed E-state index contributed by atoms with van der Waals surface area (Å²) in [7, 11) is 0. The lowest BCUT2D eigenvalue weighted by molar-refractivity contribution is -0.393. The molecule has 1 N–H and O–H groups in total. The Morgan fingerprint density at radius 3 is 2.60 bits per heavy atom. The predicted octanol–water partition coefficient (Wildman–Crippen LogP) is 4.49. The van der Waals surface area contributed by atoms with Crippen LogP contribution in [0.1, 0.15) is 39.0 Å². The number of benzene rings is 1. The summed E-state index contributed by atoms with van der Waals surface area (Å²) in [5.74, 6) is 0. The molecule has 1 aromatic carbocycles. The molecule has 0 unspecified atom stereocenters. The van der Waals surface area contributed by atoms with Gasteiger partial charge in [0.05, 0.1) is 21.6 Å². The average Bonchev–Trinajstić information content (AvgIpc) is 2.59. The third-order valence-electron chi connectivity index (χ3n) is 4.49. The van der Waals surface area contributed by atoms with Crippen molar-refractivity contribution in [2.75, 3.05) is 5.43 Å². The maximum absolute atomic E-state index is 11.2. The number of nitrogens with one attached hydrogen (secondary N) is 1. The molecule has 0 radical (unpaired) electrons. The minimum atomic E-state index is -0.655. The van der Waals surface area contributed by atoms with Crippen LogP contribution >= 0.6 is 0 Å². The second-order valence-corrected chi connectivity index (χ2v) is 6.23. The number of nitrogens with zero attached hydrogens (tertiary/aromatic N) is 3. The highest BCUT2D eigenvalue weighted by Gasteiger charge is 2.22. The van der Waals surface area contributed by atoms with E-state index in [-0.39, 0.29) is 17.1 Å². The monoisotopic (exact) mass is 342 g/mol. The largest absolute Gasteiger partial charge is 0.301 e. The Morgan fingerprint density at radius 1 is 1.08 bits per heavy atom. The Hall–Kier alpha value is -3.03. The zero-order valence-electron chi connectivity index (χ0n) is 13.8. The molecule has 0 saturated carbocycles. The molecule has 0 fully saturated rings. The van der Waals surface area contributed by atoms with Crippen molar-refractivity contribution in [3.8, 4) is 0 Å². The van der Waals surface area contributed by atoms with Crippen molar-refractivity contribution in [3.05, 3.63) is 61.2 Å². The summed E-state index contributed by atoms with van der Waals surface area (Å²) in [6, 6.07) is 3.50. The van der Waals surface area contributed by atoms with E-state index in [1.54, 1.807) is 0 Å². The van der Waals surface area contributed by atoms with Gasteiger partial charge in [-0.25, -0.2) is 0 Å². The molecule has 0 heterocycles. The van der Waals surface area contributed by atoms with Gasteiger partial charge in [0.15, 0.2) is 0 Å². The van der Waals surface area contributed by atoms with Crippen LogP contribution in [0.5, 0.6) is 0 Å². The van der Waals surface area contributed by atoms with Crippen LogP contribution in [-0.2, 0) is 0 Å². The van der Waals surface area contributed by atoms with Crippen LogP contribution in [0.15, 0.2) is 46.1 Å². The third kappa shape index (κ3) is 3.57. The fraction of sp³-hybridized carbons (Fsp3) is 0.353. The van der Waals surface area contributed by atoms with Crippen molar-refractivity contribution in [2.45, 2.75) is 39.0 Å². The molecule has 0 amide bonds. The van der Waals surface area contributed by atoms with Gasteiger partial charge in [-0.15, -0.1) is 0 Å². The predicted molar refractivity (Wildman–Crippen MR) is 94.7 cm³/mol. The first kappa shape index (κ1) is 16.8. The number of allylic oxidation sites excluding steroid dienone is 4. The lowest BCUT2D eigenvalue weighted by Gasteiger charge is -2.24. The fourth-order valence-electron chi connectivity index (χ4n) is 3.22. The fourth-order valence-corrected chi connectivity index (χ4v) is 3.22. The lowest BCUT2D eigenvalue weighted by Crippen LogP contribution is -2.16. The van der Waals surface area contributed by atoms with Gasteiger partial charge in [-0.1, -0.05) is 11.6 Å². The minimum Gasteiger partial charge on any atom is -0.271 e. The van der Waals surface area contributed by atoms with Gasteiger partial charge >= 0.3 is 5.69 Å². The Labute approximate surface area is 144 Å². The summed E-state index contributed by atoms with van der Waals surface area (Å²) in [6.07, 6.45) is 6.98. The maximum Gasteiger partial charge on any atom is 0.301 e. The topological polar surface area (TPSA) is 111 Å². The van der Waals surface area contributed by atoms with Crippen LogP contribution in [0, 0.1) is 20.2 Å². The van der Waals surface area contributed by atoms with Crippen LogP contribution in [0.2, 0.25) is 0 Å². The van der Waals surface area contributed by atoms with Gasteiger partial charge in [0.25, 0.3) is 5.69 Å². The maximum atomic E-state index is 11.2. The average molecular weight is 342 g/mol. The van der Waals surface area contributed by atoms with E-state index in [0.29, 0.717) is 0 Å². The molecule has 0 bridgehead atoms. The van der Waals surface area contributed by atoms with Gasteiger partial charge in [-0.3, -0.25) is 25.7 Å². The normalized spacial score (nSPS) is 18.6. The van der Waals surface area contributed by atoms with Crippen LogP contribution in [0.3, 0.4) is 0 Å². The van der Waals surface area contributed by atoms with E-state index in [1.807, 2.05) is 0 Å². The van der Waals surface area contributed by atoms with E-state index >= 15 is 0 Å². The summed E-state index contributed by atoms with van der Waals surface area (Å²) in [6.45, 7) is 2.12. The first-order valence-corrected chi connectivity index (χ1v) is 8.10. The van der Waals surface area contributed by atoms with E-state index in [0.717, 1.165) is 43.9 Å². The van der Waals surface area contributed by atoms with Crippen molar-refractivity contribution in [3.63, 3.8) is 0 Å². The highest BCUT2D eigenvalue weighted by Crippen LogP contribution is 2.34. The molecular weight excluding hydrogens is 324 g/mol. The van der Waals surface area contributed by atoms with Gasteiger partial charge in [-0.2, -0.15) is 5.10 Å². The van der Waals surface area contributed by atoms with Gasteiger partial charge in [0.1, 0.15) is 5.69 Å². The summed E-state index contributed by atoms with van der Waals surface area (Å²) >= 11 is 0. The van der Waals surface area contributed by atoms with Gasteiger partial charge in [0.2, 0.25) is 0 Å². The number of hydrogen-bond donors (Lipinski definition) is 1. The quantitative estimate of drug-likeness (QED) is 0.640. The van der Waals surface area contributed by atoms with Crippen molar-refractivity contribution in [2.24, 2.45) is 5.10 Å². The molecule has 0 spiro atoms. The summed E-state index contributed by atoms with van der Waals surface area (Å²) in [4.78, 5) is 20.7. The van der Waals surface area contributed by atoms with E-state index in [9.17, 15) is 20.2 Å². The Balaban J connectivity index is 1.90. The van der Waals surface area contributed by atoms with Crippen LogP contribution in [-0.4, -0.2) is 15.6 Å². The second kappa shape index (κ2) is 6.84. The lowest BCUT2D eigenvalue weighted by atomic mass is 9.82. The molecule has 130 valence electrons. The molecule has 8 heteroatoms. The number of anilines is 1. The first-order valence-electron chi connectivity index (χ1n) is 8.10. The van der Waals surface area contributed by atoms with E-state index in [4.69, 9.17) is 0 Å². The van der Waals surface area contributed by atoms with Crippen molar-refractivity contribution >= 4 is 22.8 Å². The SMILES string of the molecule is CC1=CC2=C(CC1)C(=NNc1ccc([N+](=O)[O-])cc1[N+](=O)[O-])CCC2. The molecule has 0 atom stereocenters. The summed E-state index contributed by atoms with van der Waals surface area (Å²) < 4.78 is 0. The van der Waals surface area contributed by atoms with E-state index < -0.39 is 9.85 Å². The molecule has 3 rings (SSSR count). The van der Waals surface area contributed by atoms with Crippen LogP contribution < -0.4 is 5.43 Å². The number of hydrogen-bond acceptors (Lipinski definition) is 6. The molecule has 0 aliphatic heterocycles. The Morgan fingerprint density at radius 2 is 1.88 bits per heavy atom. The van der Waals surface area contributed by atoms with Gasteiger partial charge in [-0.05, 0) is 56.2 Å². The van der Waals surface area contributed by atoms with Gasteiger partial charge < -0.3 is 0 Å². The smallest absolute Gasteiger partial charge is 0.271 e. The molecule has 2 aliphatic rings. The number of hydrazone groups is 1. The van der Waals surface area contributed by atoms with Gasteiger partial charge in [0, 0.05) is 6.07 Å². The minimum absolute atomic E-state index is 0.151. The van der Waals surface area contributed by atoms with Crippen LogP contribution in [0.4, 0.5) is 17.1 Å². The molecule has 2 aliphatic carbocycles. The zero-order chi connectivity index (χ0) is 18.0. The van der Waals surface area contributed by atoms with Crippen molar-refractivity contribution in [1.29, 1.82) is 0 Å². The first-order chi connectivity index (χ1) is 12.0. The highest BCUT2D eigenvalue weighted by molar-refractivity contribution is 6.02. The Kier molecular flexibility index (Phi) is 4.60. The molecule has 1 aromatic rings. The zero-order valence-corrected chi connectivity index (χ0v) is 13.8. The van der Waals surface area contributed by atoms with Crippen molar-refractivity contribution in [1.82, 2.24) is 0 Å². The summed E-state index contributed by atoms with van der Waals surface area (Å²) in [5, 5.41) is 26.4. The number of rotatable bonds is 4. The van der Waals surface area contributed by atoms with Crippen molar-refractivity contribution < 1.29 is 9.85 Å². The Bertz CT molecular complexity index is 839. The van der Waals surface area contributed by atoms with E-state index in [2.05, 4.69) is 23.5 Å². The molecule has 25 heavy (non-hydrogen) atoms. The molecular formula is C17H18N4O4. The number of nitro groups is 2. The van der Waals surface area contributed by atoms with Crippen LogP contribution in [0.25, 0.3) is 0 Å². The highest BCUT2D eigenvalue weighted by atomic mass is 16.6.